The molecule has 2 aromatic carbocycles. The van der Waals surface area contributed by atoms with Crippen LogP contribution in [0.2, 0.25) is 0 Å². The van der Waals surface area contributed by atoms with Gasteiger partial charge in [-0.3, -0.25) is 0 Å². The van der Waals surface area contributed by atoms with Crippen LogP contribution in [-0.4, -0.2) is 24.4 Å². The summed E-state index contributed by atoms with van der Waals surface area (Å²) in [6.07, 6.45) is -0.606. The third-order valence-corrected chi connectivity index (χ3v) is 5.47. The first-order valence-electron chi connectivity index (χ1n) is 9.80. The van der Waals surface area contributed by atoms with Crippen molar-refractivity contribution in [2.75, 3.05) is 18.1 Å². The fourth-order valence-corrected chi connectivity index (χ4v) is 3.89. The van der Waals surface area contributed by atoms with Crippen molar-refractivity contribution in [1.29, 1.82) is 0 Å². The largest absolute Gasteiger partial charge is 0.710 e. The van der Waals surface area contributed by atoms with E-state index in [-0.39, 0.29) is 43.1 Å². The molecule has 1 amide bonds. The number of anilines is 1. The molecule has 2 heterocycles. The van der Waals surface area contributed by atoms with E-state index in [4.69, 9.17) is 4.74 Å². The van der Waals surface area contributed by atoms with Crippen molar-refractivity contribution in [3.8, 4) is 11.3 Å². The summed E-state index contributed by atoms with van der Waals surface area (Å²) in [6.45, 7) is -0.217. The number of rotatable bonds is 5. The summed E-state index contributed by atoms with van der Waals surface area (Å²) in [6, 6.07) is 16.1. The number of aliphatic hydroxyl groups is 1. The van der Waals surface area contributed by atoms with Crippen molar-refractivity contribution in [1.82, 2.24) is 0 Å². The Bertz CT molecular complexity index is 1110. The molecule has 8 heteroatoms. The van der Waals surface area contributed by atoms with Gasteiger partial charge < -0.3 is 15.1 Å². The lowest BCUT2D eigenvalue weighted by Gasteiger charge is -2.38. The van der Waals surface area contributed by atoms with E-state index in [0.717, 1.165) is 0 Å². The molecule has 1 aliphatic rings. The third kappa shape index (κ3) is 3.82. The number of hydrogen-bond donors (Lipinski definition) is 1. The van der Waals surface area contributed by atoms with Gasteiger partial charge in [-0.2, -0.15) is 9.69 Å². The summed E-state index contributed by atoms with van der Waals surface area (Å²) in [5.74, 6) is -0.919. The molecule has 0 bridgehead atoms. The number of nitrogens with zero attached hydrogens (tertiary/aromatic N) is 2. The highest BCUT2D eigenvalue weighted by Crippen LogP contribution is 2.39. The molecule has 1 aliphatic heterocycles. The molecular formula is C23H20F2N2O4. The molecule has 1 atom stereocenters. The van der Waals surface area contributed by atoms with Crippen molar-refractivity contribution >= 4 is 11.9 Å². The fourth-order valence-electron chi connectivity index (χ4n) is 3.89. The first-order chi connectivity index (χ1) is 14.9. The lowest BCUT2D eigenvalue weighted by atomic mass is 9.85. The van der Waals surface area contributed by atoms with Crippen LogP contribution in [0, 0.1) is 16.8 Å². The number of ether oxygens (including phenoxy) is 1. The van der Waals surface area contributed by atoms with Crippen molar-refractivity contribution in [3.05, 3.63) is 89.1 Å². The molecule has 0 aliphatic carbocycles. The Labute approximate surface area is 177 Å². The van der Waals surface area contributed by atoms with Crippen molar-refractivity contribution in [3.63, 3.8) is 0 Å². The van der Waals surface area contributed by atoms with Gasteiger partial charge in [-0.15, -0.1) is 0 Å². The minimum Gasteiger partial charge on any atom is -0.710 e. The first-order valence-corrected chi connectivity index (χ1v) is 9.80. The summed E-state index contributed by atoms with van der Waals surface area (Å²) < 4.78 is 33.9. The van der Waals surface area contributed by atoms with E-state index in [1.165, 1.54) is 53.4 Å². The van der Waals surface area contributed by atoms with Gasteiger partial charge in [-0.05, 0) is 42.5 Å². The van der Waals surface area contributed by atoms with Gasteiger partial charge in [0, 0.05) is 36.6 Å². The Morgan fingerprint density at radius 2 is 1.81 bits per heavy atom. The molecule has 1 aromatic heterocycles. The number of carbonyl (C=O) groups excluding carboxylic acids is 1. The van der Waals surface area contributed by atoms with Crippen LogP contribution in [0.25, 0.3) is 11.3 Å². The maximum absolute atomic E-state index is 14.5. The van der Waals surface area contributed by atoms with Gasteiger partial charge >= 0.3 is 6.09 Å². The van der Waals surface area contributed by atoms with E-state index in [2.05, 4.69) is 0 Å². The SMILES string of the molecule is O=C1O[C@](CCO)(c2ccccc2F)CCN1c1cccc(-c2ccc(F)cc2)[n+]1[O-]. The van der Waals surface area contributed by atoms with Gasteiger partial charge in [0.25, 0.3) is 5.82 Å². The Morgan fingerprint density at radius 1 is 1.06 bits per heavy atom. The normalized spacial score (nSPS) is 18.7. The van der Waals surface area contributed by atoms with Gasteiger partial charge in [-0.25, -0.2) is 13.5 Å². The van der Waals surface area contributed by atoms with E-state index in [0.29, 0.717) is 10.3 Å². The fraction of sp³-hybridized carbons (Fsp3) is 0.217. The molecule has 0 unspecified atom stereocenters. The van der Waals surface area contributed by atoms with E-state index in [9.17, 15) is 23.9 Å². The second-order valence-electron chi connectivity index (χ2n) is 7.29. The summed E-state index contributed by atoms with van der Waals surface area (Å²) in [4.78, 5) is 14.1. The third-order valence-electron chi connectivity index (χ3n) is 5.47. The van der Waals surface area contributed by atoms with Gasteiger partial charge in [0.1, 0.15) is 29.5 Å². The number of aromatic nitrogens is 1. The smallest absolute Gasteiger partial charge is 0.508 e. The number of amides is 1. The summed E-state index contributed by atoms with van der Waals surface area (Å²) >= 11 is 0. The predicted octanol–water partition coefficient (Wildman–Crippen LogP) is 3.89. The number of pyridine rings is 1. The Morgan fingerprint density at radius 3 is 2.48 bits per heavy atom. The predicted molar refractivity (Wildman–Crippen MR) is 109 cm³/mol. The quantitative estimate of drug-likeness (QED) is 0.496. The van der Waals surface area contributed by atoms with Gasteiger partial charge in [0.15, 0.2) is 0 Å². The maximum Gasteiger partial charge on any atom is 0.508 e. The zero-order valence-corrected chi connectivity index (χ0v) is 16.5. The maximum atomic E-state index is 14.5. The summed E-state index contributed by atoms with van der Waals surface area (Å²) in [7, 11) is 0. The summed E-state index contributed by atoms with van der Waals surface area (Å²) in [5, 5.41) is 22.5. The number of carbonyl (C=O) groups is 1. The van der Waals surface area contributed by atoms with Crippen LogP contribution < -0.4 is 9.63 Å². The highest BCUT2D eigenvalue weighted by Gasteiger charge is 2.47. The Hall–Kier alpha value is -3.52. The molecule has 1 N–H and O–H groups in total. The monoisotopic (exact) mass is 426 g/mol. The van der Waals surface area contributed by atoms with Crippen LogP contribution in [0.3, 0.4) is 0 Å². The Balaban J connectivity index is 1.66. The van der Waals surface area contributed by atoms with E-state index in [1.807, 2.05) is 0 Å². The highest BCUT2D eigenvalue weighted by atomic mass is 19.1. The molecule has 4 rings (SSSR count). The molecule has 6 nitrogen and oxygen atoms in total. The van der Waals surface area contributed by atoms with E-state index < -0.39 is 23.3 Å². The molecule has 3 aromatic rings. The molecular weight excluding hydrogens is 406 g/mol. The number of halogens is 2. The minimum atomic E-state index is -1.32. The highest BCUT2D eigenvalue weighted by molar-refractivity contribution is 5.87. The van der Waals surface area contributed by atoms with Crippen LogP contribution in [-0.2, 0) is 10.3 Å². The number of benzene rings is 2. The second-order valence-corrected chi connectivity index (χ2v) is 7.29. The first kappa shape index (κ1) is 20.7. The molecule has 1 saturated heterocycles. The van der Waals surface area contributed by atoms with Crippen LogP contribution in [0.1, 0.15) is 18.4 Å². The standard InChI is InChI=1S/C23H20F2N2O4/c24-17-10-8-16(9-11-17)20-6-3-7-21(27(20)30)26-14-12-23(13-15-28,31-22(26)29)18-4-1-2-5-19(18)25/h1-11,28H,12-15H2/t23-/m1/s1. The zero-order chi connectivity index (χ0) is 22.0. The van der Waals surface area contributed by atoms with E-state index >= 15 is 0 Å². The lowest BCUT2D eigenvalue weighted by molar-refractivity contribution is -0.580. The van der Waals surface area contributed by atoms with Gasteiger partial charge in [0.2, 0.25) is 0 Å². The number of aliphatic hydroxyl groups excluding tert-OH is 1. The van der Waals surface area contributed by atoms with Crippen LogP contribution >= 0.6 is 0 Å². The van der Waals surface area contributed by atoms with Crippen molar-refractivity contribution in [2.45, 2.75) is 18.4 Å². The second kappa shape index (κ2) is 8.31. The van der Waals surface area contributed by atoms with Gasteiger partial charge in [-0.1, -0.05) is 18.2 Å². The van der Waals surface area contributed by atoms with Crippen LogP contribution in [0.15, 0.2) is 66.7 Å². The molecule has 0 spiro atoms. The average molecular weight is 426 g/mol. The van der Waals surface area contributed by atoms with Crippen molar-refractivity contribution < 1.29 is 28.1 Å². The van der Waals surface area contributed by atoms with Gasteiger partial charge in [0.05, 0.1) is 0 Å². The lowest BCUT2D eigenvalue weighted by Crippen LogP contribution is -2.52. The molecule has 31 heavy (non-hydrogen) atoms. The molecule has 160 valence electrons. The topological polar surface area (TPSA) is 76.7 Å². The molecule has 1 fully saturated rings. The number of hydrogen-bond acceptors (Lipinski definition) is 4. The van der Waals surface area contributed by atoms with E-state index in [1.54, 1.807) is 18.2 Å². The summed E-state index contributed by atoms with van der Waals surface area (Å²) in [5.41, 5.74) is -0.404. The van der Waals surface area contributed by atoms with Crippen LogP contribution in [0.5, 0.6) is 0 Å². The van der Waals surface area contributed by atoms with Crippen LogP contribution in [0.4, 0.5) is 19.4 Å². The average Bonchev–Trinajstić information content (AvgIpc) is 2.76. The zero-order valence-electron chi connectivity index (χ0n) is 16.5. The molecule has 0 saturated carbocycles. The minimum absolute atomic E-state index is 0.0283. The number of cyclic esters (lactones) is 1. The Kier molecular flexibility index (Phi) is 5.56. The molecule has 0 radical (unpaired) electrons. The van der Waals surface area contributed by atoms with Crippen molar-refractivity contribution in [2.24, 2.45) is 0 Å².